The molecular formula is C23H16N6O5. The molecule has 1 aliphatic rings. The summed E-state index contributed by atoms with van der Waals surface area (Å²) in [6.07, 6.45) is 3.96. The number of non-ortho nitro benzene ring substituents is 1. The Morgan fingerprint density at radius 1 is 0.882 bits per heavy atom. The first-order valence-electron chi connectivity index (χ1n) is 9.90. The van der Waals surface area contributed by atoms with Gasteiger partial charge in [0.2, 0.25) is 5.96 Å². The van der Waals surface area contributed by atoms with Crippen LogP contribution in [-0.2, 0) is 0 Å². The van der Waals surface area contributed by atoms with E-state index < -0.39 is 15.8 Å². The van der Waals surface area contributed by atoms with E-state index in [1.807, 2.05) is 0 Å². The molecule has 34 heavy (non-hydrogen) atoms. The quantitative estimate of drug-likeness (QED) is 0.455. The third-order valence-corrected chi connectivity index (χ3v) is 4.81. The molecule has 0 atom stereocenters. The molecule has 0 saturated heterocycles. The number of nitrogens with one attached hydrogen (secondary N) is 1. The van der Waals surface area contributed by atoms with Gasteiger partial charge < -0.3 is 0 Å². The average Bonchev–Trinajstić information content (AvgIpc) is 3.05. The maximum absolute atomic E-state index is 12.8. The van der Waals surface area contributed by atoms with Gasteiger partial charge in [0, 0.05) is 30.2 Å². The molecule has 1 amide bonds. The number of nitro benzene ring substituents is 1. The molecule has 1 N–H and O–H groups in total. The number of guanidine groups is 1. The molecule has 1 aromatic heterocycles. The minimum Gasteiger partial charge on any atom is -0.290 e. The van der Waals surface area contributed by atoms with E-state index in [-0.39, 0.29) is 28.6 Å². The molecule has 11 heteroatoms. The van der Waals surface area contributed by atoms with Crippen molar-refractivity contribution in [1.82, 2.24) is 10.3 Å². The first-order chi connectivity index (χ1) is 16.4. The average molecular weight is 456 g/mol. The Hall–Kier alpha value is -5.19. The van der Waals surface area contributed by atoms with Crippen LogP contribution >= 0.6 is 0 Å². The van der Waals surface area contributed by atoms with Gasteiger partial charge in [-0.1, -0.05) is 36.4 Å². The van der Waals surface area contributed by atoms with Crippen LogP contribution in [0.15, 0.2) is 102 Å². The number of rotatable bonds is 5. The molecule has 2 heterocycles. The Balaban J connectivity index is 1.82. The van der Waals surface area contributed by atoms with E-state index in [1.54, 1.807) is 42.5 Å². The second-order valence-electron chi connectivity index (χ2n) is 6.95. The van der Waals surface area contributed by atoms with Gasteiger partial charge in [-0.3, -0.25) is 40.2 Å². The molecule has 0 radical (unpaired) electrons. The number of hydrogen-bond donors (Lipinski definition) is 1. The van der Waals surface area contributed by atoms with Crippen molar-refractivity contribution in [3.63, 3.8) is 0 Å². The zero-order valence-electron chi connectivity index (χ0n) is 17.4. The predicted molar refractivity (Wildman–Crippen MR) is 124 cm³/mol. The number of benzene rings is 2. The number of nitrogens with zero attached hydrogens (tertiary/aromatic N) is 5. The normalized spacial score (nSPS) is 13.2. The Morgan fingerprint density at radius 2 is 1.59 bits per heavy atom. The van der Waals surface area contributed by atoms with Gasteiger partial charge in [0.1, 0.15) is 5.69 Å². The Kier molecular flexibility index (Phi) is 6.17. The van der Waals surface area contributed by atoms with E-state index in [4.69, 9.17) is 0 Å². The highest BCUT2D eigenvalue weighted by Crippen LogP contribution is 2.29. The third kappa shape index (κ3) is 4.67. The fraction of sp³-hybridized carbons (Fsp3) is 0. The maximum atomic E-state index is 12.8. The lowest BCUT2D eigenvalue weighted by atomic mass is 10.0. The lowest BCUT2D eigenvalue weighted by molar-refractivity contribution is -0.417. The van der Waals surface area contributed by atoms with Crippen molar-refractivity contribution in [3.05, 3.63) is 129 Å². The number of anilines is 1. The van der Waals surface area contributed by atoms with Crippen LogP contribution in [0.2, 0.25) is 0 Å². The number of pyridine rings is 1. The van der Waals surface area contributed by atoms with Gasteiger partial charge >= 0.3 is 0 Å². The summed E-state index contributed by atoms with van der Waals surface area (Å²) in [7, 11) is 0. The predicted octanol–water partition coefficient (Wildman–Crippen LogP) is 3.76. The van der Waals surface area contributed by atoms with E-state index in [0.29, 0.717) is 11.3 Å². The summed E-state index contributed by atoms with van der Waals surface area (Å²) in [5.41, 5.74) is 0.762. The lowest BCUT2D eigenvalue weighted by Gasteiger charge is -2.21. The summed E-state index contributed by atoms with van der Waals surface area (Å²) in [5.74, 6) is -0.631. The number of allylic oxidation sites excluding steroid dienone is 1. The summed E-state index contributed by atoms with van der Waals surface area (Å²) in [4.78, 5) is 44.3. The number of amides is 1. The van der Waals surface area contributed by atoms with Gasteiger partial charge in [0.15, 0.2) is 0 Å². The SMILES string of the molecule is O=C(NC1=NC=C(c2ccccc2)C([N+](=O)[O-])=CN1c1ccc([N+](=O)[O-])cc1)c1ccccn1. The van der Waals surface area contributed by atoms with E-state index in [0.717, 1.165) is 0 Å². The third-order valence-electron chi connectivity index (χ3n) is 4.81. The van der Waals surface area contributed by atoms with Crippen LogP contribution in [0.1, 0.15) is 16.1 Å². The van der Waals surface area contributed by atoms with Crippen molar-refractivity contribution in [3.8, 4) is 0 Å². The second-order valence-corrected chi connectivity index (χ2v) is 6.95. The van der Waals surface area contributed by atoms with Crippen LogP contribution in [0.4, 0.5) is 11.4 Å². The van der Waals surface area contributed by atoms with Gasteiger partial charge in [0.25, 0.3) is 17.3 Å². The van der Waals surface area contributed by atoms with Gasteiger partial charge in [-0.05, 0) is 29.8 Å². The van der Waals surface area contributed by atoms with Gasteiger partial charge in [-0.25, -0.2) is 4.99 Å². The van der Waals surface area contributed by atoms with Crippen LogP contribution < -0.4 is 10.2 Å². The summed E-state index contributed by atoms with van der Waals surface area (Å²) >= 11 is 0. The number of aromatic nitrogens is 1. The fourth-order valence-corrected chi connectivity index (χ4v) is 3.18. The van der Waals surface area contributed by atoms with E-state index >= 15 is 0 Å². The first kappa shape index (κ1) is 22.0. The van der Waals surface area contributed by atoms with Gasteiger partial charge in [0.05, 0.1) is 21.6 Å². The summed E-state index contributed by atoms with van der Waals surface area (Å²) < 4.78 is 0. The number of hydrogen-bond acceptors (Lipinski definition) is 8. The topological polar surface area (TPSA) is 144 Å². The van der Waals surface area contributed by atoms with Crippen LogP contribution in [-0.4, -0.2) is 26.7 Å². The van der Waals surface area contributed by atoms with E-state index in [2.05, 4.69) is 15.3 Å². The fourth-order valence-electron chi connectivity index (χ4n) is 3.18. The zero-order valence-corrected chi connectivity index (χ0v) is 17.4. The molecule has 0 unspecified atom stereocenters. The Morgan fingerprint density at radius 3 is 2.21 bits per heavy atom. The smallest absolute Gasteiger partial charge is 0.290 e. The van der Waals surface area contributed by atoms with Crippen LogP contribution in [0.3, 0.4) is 0 Å². The highest BCUT2D eigenvalue weighted by atomic mass is 16.6. The van der Waals surface area contributed by atoms with Crippen molar-refractivity contribution in [2.75, 3.05) is 4.90 Å². The van der Waals surface area contributed by atoms with Crippen LogP contribution in [0.5, 0.6) is 0 Å². The molecule has 3 aromatic rings. The number of carbonyl (C=O) groups excluding carboxylic acids is 1. The summed E-state index contributed by atoms with van der Waals surface area (Å²) in [5, 5.41) is 25.7. The molecule has 0 spiro atoms. The highest BCUT2D eigenvalue weighted by molar-refractivity contribution is 6.12. The molecule has 4 rings (SSSR count). The second kappa shape index (κ2) is 9.53. The molecule has 0 fully saturated rings. The maximum Gasteiger partial charge on any atom is 0.295 e. The largest absolute Gasteiger partial charge is 0.295 e. The van der Waals surface area contributed by atoms with E-state index in [1.165, 1.54) is 53.8 Å². The minimum atomic E-state index is -0.584. The summed E-state index contributed by atoms with van der Waals surface area (Å²) in [6.45, 7) is 0. The van der Waals surface area contributed by atoms with Gasteiger partial charge in [-0.2, -0.15) is 0 Å². The molecule has 0 saturated carbocycles. The van der Waals surface area contributed by atoms with Crippen molar-refractivity contribution in [1.29, 1.82) is 0 Å². The van der Waals surface area contributed by atoms with Crippen molar-refractivity contribution >= 4 is 28.8 Å². The highest BCUT2D eigenvalue weighted by Gasteiger charge is 2.27. The molecule has 0 aliphatic carbocycles. The van der Waals surface area contributed by atoms with Gasteiger partial charge in [-0.15, -0.1) is 0 Å². The van der Waals surface area contributed by atoms with Crippen molar-refractivity contribution in [2.24, 2.45) is 4.99 Å². The molecule has 1 aliphatic heterocycles. The van der Waals surface area contributed by atoms with Crippen LogP contribution in [0.25, 0.3) is 5.57 Å². The number of carbonyl (C=O) groups is 1. The molecule has 11 nitrogen and oxygen atoms in total. The molecule has 2 aromatic carbocycles. The first-order valence-corrected chi connectivity index (χ1v) is 9.90. The number of aliphatic imine (C=N–C) groups is 1. The molecular weight excluding hydrogens is 440 g/mol. The van der Waals surface area contributed by atoms with E-state index in [9.17, 15) is 25.0 Å². The lowest BCUT2D eigenvalue weighted by Crippen LogP contribution is -2.42. The van der Waals surface area contributed by atoms with Crippen LogP contribution in [0, 0.1) is 20.2 Å². The Labute approximate surface area is 192 Å². The Bertz CT molecular complexity index is 1340. The number of nitro groups is 2. The van der Waals surface area contributed by atoms with Crippen molar-refractivity contribution in [2.45, 2.75) is 0 Å². The minimum absolute atomic E-state index is 0.0465. The molecule has 168 valence electrons. The molecule has 0 bridgehead atoms. The summed E-state index contributed by atoms with van der Waals surface area (Å²) in [6, 6.07) is 18.8. The monoisotopic (exact) mass is 456 g/mol. The van der Waals surface area contributed by atoms with Crippen molar-refractivity contribution < 1.29 is 14.6 Å². The zero-order chi connectivity index (χ0) is 24.1. The standard InChI is InChI=1S/C23H16N6O5/c30-22(20-8-4-5-13-24-20)26-23-25-14-19(16-6-2-1-3-7-16)21(29(33)34)15-27(23)17-9-11-18(12-10-17)28(31)32/h1-15H,(H,25,26,30).